The van der Waals surface area contributed by atoms with Crippen molar-refractivity contribution in [2.24, 2.45) is 11.8 Å². The summed E-state index contributed by atoms with van der Waals surface area (Å²) in [5.41, 5.74) is 0. The minimum absolute atomic E-state index is 0.0260. The van der Waals surface area contributed by atoms with Gasteiger partial charge in [0.1, 0.15) is 0 Å². The molecule has 1 heterocycles. The van der Waals surface area contributed by atoms with Crippen molar-refractivity contribution < 1.29 is 14.7 Å². The molecule has 20 heavy (non-hydrogen) atoms. The Kier molecular flexibility index (Phi) is 3.96. The van der Waals surface area contributed by atoms with Crippen molar-refractivity contribution in [2.75, 3.05) is 13.1 Å². The summed E-state index contributed by atoms with van der Waals surface area (Å²) in [6.07, 6.45) is 5.85. The van der Waals surface area contributed by atoms with E-state index in [1.54, 1.807) is 0 Å². The van der Waals surface area contributed by atoms with Crippen molar-refractivity contribution in [1.82, 2.24) is 10.2 Å². The van der Waals surface area contributed by atoms with E-state index < -0.39 is 0 Å². The number of hydrogen-bond donors (Lipinski definition) is 2. The van der Waals surface area contributed by atoms with Crippen LogP contribution < -0.4 is 5.32 Å². The van der Waals surface area contributed by atoms with Crippen LogP contribution >= 0.6 is 0 Å². The van der Waals surface area contributed by atoms with Crippen LogP contribution in [0.3, 0.4) is 0 Å². The summed E-state index contributed by atoms with van der Waals surface area (Å²) in [4.78, 5) is 26.0. The maximum Gasteiger partial charge on any atom is 0.225 e. The fraction of sp³-hybridized carbons (Fsp3) is 0.867. The van der Waals surface area contributed by atoms with E-state index in [0.29, 0.717) is 18.9 Å². The molecule has 0 aromatic rings. The lowest BCUT2D eigenvalue weighted by atomic mass is 9.92. The summed E-state index contributed by atoms with van der Waals surface area (Å²) in [6.45, 7) is 1.44. The first-order valence-electron chi connectivity index (χ1n) is 7.88. The lowest BCUT2D eigenvalue weighted by Crippen LogP contribution is -2.42. The van der Waals surface area contributed by atoms with E-state index in [9.17, 15) is 14.7 Å². The number of carbonyl (C=O) groups is 2. The highest BCUT2D eigenvalue weighted by Crippen LogP contribution is 2.32. The largest absolute Gasteiger partial charge is 0.393 e. The Morgan fingerprint density at radius 3 is 2.55 bits per heavy atom. The monoisotopic (exact) mass is 280 g/mol. The van der Waals surface area contributed by atoms with Gasteiger partial charge in [-0.1, -0.05) is 0 Å². The van der Waals surface area contributed by atoms with E-state index >= 15 is 0 Å². The van der Waals surface area contributed by atoms with Gasteiger partial charge in [0.05, 0.1) is 12.0 Å². The standard InChI is InChI=1S/C15H24N2O3/c18-13-5-3-12(4-6-13)16-15(20)11-7-14(19)17(9-11)8-10-1-2-10/h10-13,18H,1-9H2,(H,16,20). The Labute approximate surface area is 119 Å². The first-order valence-corrected chi connectivity index (χ1v) is 7.88. The molecule has 1 unspecified atom stereocenters. The average molecular weight is 280 g/mol. The number of carbonyl (C=O) groups excluding carboxylic acids is 2. The zero-order valence-corrected chi connectivity index (χ0v) is 11.9. The molecule has 112 valence electrons. The van der Waals surface area contributed by atoms with Crippen LogP contribution in [0, 0.1) is 11.8 Å². The van der Waals surface area contributed by atoms with Gasteiger partial charge in [0, 0.05) is 25.6 Å². The number of likely N-dealkylation sites (tertiary alicyclic amines) is 1. The van der Waals surface area contributed by atoms with E-state index in [-0.39, 0.29) is 29.9 Å². The van der Waals surface area contributed by atoms with Crippen molar-refractivity contribution in [1.29, 1.82) is 0 Å². The molecule has 1 saturated heterocycles. The highest BCUT2D eigenvalue weighted by molar-refractivity contribution is 5.89. The van der Waals surface area contributed by atoms with Crippen LogP contribution in [0.1, 0.15) is 44.9 Å². The number of rotatable bonds is 4. The number of aliphatic hydroxyl groups excluding tert-OH is 1. The third-order valence-corrected chi connectivity index (χ3v) is 4.80. The maximum absolute atomic E-state index is 12.2. The second-order valence-electron chi connectivity index (χ2n) is 6.66. The van der Waals surface area contributed by atoms with Gasteiger partial charge in [-0.2, -0.15) is 0 Å². The number of nitrogens with one attached hydrogen (secondary N) is 1. The summed E-state index contributed by atoms with van der Waals surface area (Å²) in [7, 11) is 0. The summed E-state index contributed by atoms with van der Waals surface area (Å²) in [5, 5.41) is 12.5. The molecular formula is C15H24N2O3. The molecule has 3 aliphatic rings. The molecule has 5 heteroatoms. The minimum atomic E-state index is -0.203. The van der Waals surface area contributed by atoms with Gasteiger partial charge in [-0.05, 0) is 44.4 Å². The summed E-state index contributed by atoms with van der Waals surface area (Å²) >= 11 is 0. The van der Waals surface area contributed by atoms with Gasteiger partial charge >= 0.3 is 0 Å². The Bertz CT molecular complexity index is 387. The Balaban J connectivity index is 1.46. The first-order chi connectivity index (χ1) is 9.61. The van der Waals surface area contributed by atoms with E-state index in [1.165, 1.54) is 12.8 Å². The molecule has 2 N–H and O–H groups in total. The second kappa shape index (κ2) is 5.72. The predicted octanol–water partition coefficient (Wildman–Crippen LogP) is 0.665. The van der Waals surface area contributed by atoms with Crippen molar-refractivity contribution in [2.45, 2.75) is 57.1 Å². The molecule has 3 rings (SSSR count). The number of aliphatic hydroxyl groups is 1. The molecule has 2 aliphatic carbocycles. The van der Waals surface area contributed by atoms with Gasteiger partial charge in [-0.25, -0.2) is 0 Å². The van der Waals surface area contributed by atoms with Crippen LogP contribution in [0.2, 0.25) is 0 Å². The molecule has 0 spiro atoms. The SMILES string of the molecule is O=C(NC1CCC(O)CC1)C1CC(=O)N(CC2CC2)C1. The van der Waals surface area contributed by atoms with Gasteiger partial charge in [0.25, 0.3) is 0 Å². The predicted molar refractivity (Wildman–Crippen MR) is 73.8 cm³/mol. The quantitative estimate of drug-likeness (QED) is 0.795. The molecule has 3 fully saturated rings. The molecule has 1 aliphatic heterocycles. The van der Waals surface area contributed by atoms with E-state index in [1.807, 2.05) is 4.90 Å². The topological polar surface area (TPSA) is 69.6 Å². The maximum atomic E-state index is 12.2. The molecule has 0 aromatic heterocycles. The molecule has 0 aromatic carbocycles. The third kappa shape index (κ3) is 3.32. The number of nitrogens with zero attached hydrogens (tertiary/aromatic N) is 1. The van der Waals surface area contributed by atoms with Crippen LogP contribution in [0.15, 0.2) is 0 Å². The van der Waals surface area contributed by atoms with Crippen molar-refractivity contribution >= 4 is 11.8 Å². The molecule has 5 nitrogen and oxygen atoms in total. The van der Waals surface area contributed by atoms with Crippen LogP contribution in [-0.4, -0.2) is 47.1 Å². The highest BCUT2D eigenvalue weighted by Gasteiger charge is 2.37. The Hall–Kier alpha value is -1.10. The number of amides is 2. The zero-order chi connectivity index (χ0) is 14.1. The van der Waals surface area contributed by atoms with Gasteiger partial charge in [0.15, 0.2) is 0 Å². The normalized spacial score (nSPS) is 34.4. The smallest absolute Gasteiger partial charge is 0.225 e. The van der Waals surface area contributed by atoms with Gasteiger partial charge in [-0.3, -0.25) is 9.59 Å². The Morgan fingerprint density at radius 1 is 1.20 bits per heavy atom. The average Bonchev–Trinajstić information content (AvgIpc) is 3.16. The minimum Gasteiger partial charge on any atom is -0.393 e. The molecule has 2 saturated carbocycles. The molecule has 2 amide bonds. The number of hydrogen-bond acceptors (Lipinski definition) is 3. The fourth-order valence-corrected chi connectivity index (χ4v) is 3.28. The van der Waals surface area contributed by atoms with Crippen molar-refractivity contribution in [3.63, 3.8) is 0 Å². The van der Waals surface area contributed by atoms with E-state index in [2.05, 4.69) is 5.32 Å². The Morgan fingerprint density at radius 2 is 1.90 bits per heavy atom. The van der Waals surface area contributed by atoms with Crippen LogP contribution in [0.25, 0.3) is 0 Å². The summed E-state index contributed by atoms with van der Waals surface area (Å²) in [6, 6.07) is 0.179. The summed E-state index contributed by atoms with van der Waals surface area (Å²) in [5.74, 6) is 0.669. The first kappa shape index (κ1) is 13.9. The lowest BCUT2D eigenvalue weighted by Gasteiger charge is -2.27. The molecule has 1 atom stereocenters. The second-order valence-corrected chi connectivity index (χ2v) is 6.66. The van der Waals surface area contributed by atoms with E-state index in [4.69, 9.17) is 0 Å². The van der Waals surface area contributed by atoms with Crippen molar-refractivity contribution in [3.8, 4) is 0 Å². The van der Waals surface area contributed by atoms with Crippen LogP contribution in [-0.2, 0) is 9.59 Å². The van der Waals surface area contributed by atoms with Gasteiger partial charge < -0.3 is 15.3 Å². The lowest BCUT2D eigenvalue weighted by molar-refractivity contribution is -0.129. The van der Waals surface area contributed by atoms with Gasteiger partial charge in [0.2, 0.25) is 11.8 Å². The van der Waals surface area contributed by atoms with Crippen molar-refractivity contribution in [3.05, 3.63) is 0 Å². The van der Waals surface area contributed by atoms with Crippen LogP contribution in [0.4, 0.5) is 0 Å². The summed E-state index contributed by atoms with van der Waals surface area (Å²) < 4.78 is 0. The van der Waals surface area contributed by atoms with E-state index in [0.717, 1.165) is 32.2 Å². The third-order valence-electron chi connectivity index (χ3n) is 4.80. The highest BCUT2D eigenvalue weighted by atomic mass is 16.3. The molecular weight excluding hydrogens is 256 g/mol. The molecule has 0 bridgehead atoms. The van der Waals surface area contributed by atoms with Gasteiger partial charge in [-0.15, -0.1) is 0 Å². The fourth-order valence-electron chi connectivity index (χ4n) is 3.28. The van der Waals surface area contributed by atoms with Crippen LogP contribution in [0.5, 0.6) is 0 Å². The molecule has 0 radical (unpaired) electrons. The zero-order valence-electron chi connectivity index (χ0n) is 11.9.